The van der Waals surface area contributed by atoms with Gasteiger partial charge in [-0.1, -0.05) is 30.3 Å². The van der Waals surface area contributed by atoms with Crippen LogP contribution < -0.4 is 10.7 Å². The number of para-hydroxylation sites is 2. The van der Waals surface area contributed by atoms with Gasteiger partial charge in [0, 0.05) is 11.2 Å². The van der Waals surface area contributed by atoms with E-state index in [-0.39, 0.29) is 6.03 Å². The number of amides is 2. The Kier molecular flexibility index (Phi) is 3.44. The molecule has 0 fully saturated rings. The van der Waals surface area contributed by atoms with Gasteiger partial charge in [-0.15, -0.1) is 11.3 Å². The van der Waals surface area contributed by atoms with Crippen LogP contribution in [0.4, 0.5) is 4.79 Å². The van der Waals surface area contributed by atoms with E-state index in [1.165, 1.54) is 10.1 Å². The molecule has 2 heterocycles. The Morgan fingerprint density at radius 2 is 1.96 bits per heavy atom. The fourth-order valence-electron chi connectivity index (χ4n) is 2.54. The fourth-order valence-corrected chi connectivity index (χ4v) is 3.51. The Labute approximate surface area is 136 Å². The van der Waals surface area contributed by atoms with E-state index in [1.807, 2.05) is 36.4 Å². The van der Waals surface area contributed by atoms with Crippen LogP contribution in [0.15, 0.2) is 60.2 Å². The van der Waals surface area contributed by atoms with Gasteiger partial charge in [0.05, 0.1) is 11.0 Å². The summed E-state index contributed by atoms with van der Waals surface area (Å²) in [6, 6.07) is 15.6. The molecule has 0 radical (unpaired) electrons. The van der Waals surface area contributed by atoms with Gasteiger partial charge in [-0.2, -0.15) is 0 Å². The van der Waals surface area contributed by atoms with Crippen molar-refractivity contribution in [1.29, 1.82) is 0 Å². The SMILES string of the molecule is O=C(NCc1csc2ccccc12)Nn1cnc2ccccc21. The van der Waals surface area contributed by atoms with Crippen LogP contribution in [0.3, 0.4) is 0 Å². The third-order valence-corrected chi connectivity index (χ3v) is 4.69. The summed E-state index contributed by atoms with van der Waals surface area (Å²) >= 11 is 1.69. The maximum Gasteiger partial charge on any atom is 0.334 e. The van der Waals surface area contributed by atoms with Gasteiger partial charge in [-0.05, 0) is 34.5 Å². The minimum atomic E-state index is -0.261. The molecule has 23 heavy (non-hydrogen) atoms. The van der Waals surface area contributed by atoms with Crippen molar-refractivity contribution in [2.45, 2.75) is 6.54 Å². The zero-order chi connectivity index (χ0) is 15.6. The number of hydrogen-bond donors (Lipinski definition) is 2. The van der Waals surface area contributed by atoms with E-state index in [0.717, 1.165) is 16.6 Å². The van der Waals surface area contributed by atoms with Crippen LogP contribution in [-0.2, 0) is 6.54 Å². The highest BCUT2D eigenvalue weighted by Gasteiger charge is 2.07. The number of carbonyl (C=O) groups excluding carboxylic acids is 1. The van der Waals surface area contributed by atoms with Crippen molar-refractivity contribution in [1.82, 2.24) is 15.0 Å². The van der Waals surface area contributed by atoms with Crippen LogP contribution in [0.1, 0.15) is 5.56 Å². The maximum atomic E-state index is 12.1. The van der Waals surface area contributed by atoms with E-state index in [4.69, 9.17) is 0 Å². The largest absolute Gasteiger partial charge is 0.334 e. The number of imidazole rings is 1. The van der Waals surface area contributed by atoms with Crippen LogP contribution >= 0.6 is 11.3 Å². The van der Waals surface area contributed by atoms with E-state index in [1.54, 1.807) is 22.3 Å². The second-order valence-corrected chi connectivity index (χ2v) is 6.07. The zero-order valence-corrected chi connectivity index (χ0v) is 13.0. The average molecular weight is 322 g/mol. The first kappa shape index (κ1) is 13.8. The number of carbonyl (C=O) groups is 1. The molecule has 2 N–H and O–H groups in total. The predicted octanol–water partition coefficient (Wildman–Crippen LogP) is 3.70. The maximum absolute atomic E-state index is 12.1. The average Bonchev–Trinajstić information content (AvgIpc) is 3.18. The Morgan fingerprint density at radius 1 is 1.13 bits per heavy atom. The van der Waals surface area contributed by atoms with E-state index < -0.39 is 0 Å². The van der Waals surface area contributed by atoms with Crippen LogP contribution in [-0.4, -0.2) is 15.7 Å². The summed E-state index contributed by atoms with van der Waals surface area (Å²) in [5, 5.41) is 6.16. The van der Waals surface area contributed by atoms with Crippen molar-refractivity contribution in [2.24, 2.45) is 0 Å². The highest BCUT2D eigenvalue weighted by molar-refractivity contribution is 7.17. The molecule has 0 aliphatic heterocycles. The van der Waals surface area contributed by atoms with Gasteiger partial charge in [0.15, 0.2) is 0 Å². The number of nitrogens with one attached hydrogen (secondary N) is 2. The molecule has 2 amide bonds. The van der Waals surface area contributed by atoms with Crippen molar-refractivity contribution >= 4 is 38.5 Å². The van der Waals surface area contributed by atoms with Gasteiger partial charge in [0.25, 0.3) is 0 Å². The first-order chi connectivity index (χ1) is 11.3. The van der Waals surface area contributed by atoms with Gasteiger partial charge < -0.3 is 5.32 Å². The normalized spacial score (nSPS) is 11.0. The minimum absolute atomic E-state index is 0.261. The van der Waals surface area contributed by atoms with Crippen LogP contribution in [0, 0.1) is 0 Å². The molecule has 2 aromatic carbocycles. The van der Waals surface area contributed by atoms with E-state index >= 15 is 0 Å². The lowest BCUT2D eigenvalue weighted by atomic mass is 10.2. The second kappa shape index (κ2) is 5.73. The highest BCUT2D eigenvalue weighted by Crippen LogP contribution is 2.25. The molecule has 0 spiro atoms. The molecule has 0 saturated heterocycles. The Hall–Kier alpha value is -2.86. The summed E-state index contributed by atoms with van der Waals surface area (Å²) in [6.45, 7) is 0.489. The number of urea groups is 1. The molecule has 4 rings (SSSR count). The topological polar surface area (TPSA) is 59.0 Å². The van der Waals surface area contributed by atoms with Gasteiger partial charge in [-0.3, -0.25) is 0 Å². The molecule has 0 bridgehead atoms. The number of fused-ring (bicyclic) bond motifs is 2. The smallest absolute Gasteiger partial charge is 0.333 e. The van der Waals surface area contributed by atoms with Crippen molar-refractivity contribution < 1.29 is 4.79 Å². The summed E-state index contributed by atoms with van der Waals surface area (Å²) < 4.78 is 2.85. The minimum Gasteiger partial charge on any atom is -0.333 e. The summed E-state index contributed by atoms with van der Waals surface area (Å²) in [4.78, 5) is 16.4. The van der Waals surface area contributed by atoms with Crippen LogP contribution in [0.2, 0.25) is 0 Å². The van der Waals surface area contributed by atoms with E-state index in [2.05, 4.69) is 33.2 Å². The molecule has 114 valence electrons. The molecule has 0 aliphatic rings. The van der Waals surface area contributed by atoms with Gasteiger partial charge in [0.1, 0.15) is 6.33 Å². The summed E-state index contributed by atoms with van der Waals surface area (Å²) in [6.07, 6.45) is 1.60. The summed E-state index contributed by atoms with van der Waals surface area (Å²) in [5.41, 5.74) is 5.61. The molecular weight excluding hydrogens is 308 g/mol. The quantitative estimate of drug-likeness (QED) is 0.604. The van der Waals surface area contributed by atoms with Gasteiger partial charge in [-0.25, -0.2) is 19.9 Å². The predicted molar refractivity (Wildman–Crippen MR) is 93.2 cm³/mol. The third-order valence-electron chi connectivity index (χ3n) is 3.68. The standard InChI is InChI=1S/C17H14N4OS/c22-17(20-21-11-19-14-6-2-3-7-15(14)21)18-9-12-10-23-16-8-4-1-5-13(12)16/h1-8,10-11H,9H2,(H2,18,20,22). The molecular formula is C17H14N4OS. The van der Waals surface area contributed by atoms with Crippen LogP contribution in [0.5, 0.6) is 0 Å². The zero-order valence-electron chi connectivity index (χ0n) is 12.2. The van der Waals surface area contributed by atoms with Crippen LogP contribution in [0.25, 0.3) is 21.1 Å². The van der Waals surface area contributed by atoms with Crippen molar-refractivity contribution in [3.05, 3.63) is 65.8 Å². The summed E-state index contributed by atoms with van der Waals surface area (Å²) in [7, 11) is 0. The number of hydrogen-bond acceptors (Lipinski definition) is 3. The number of benzene rings is 2. The molecule has 5 nitrogen and oxygen atoms in total. The number of nitrogens with zero attached hydrogens (tertiary/aromatic N) is 2. The first-order valence-electron chi connectivity index (χ1n) is 7.23. The second-order valence-electron chi connectivity index (χ2n) is 5.15. The van der Waals surface area contributed by atoms with Crippen molar-refractivity contribution in [2.75, 3.05) is 5.43 Å². The Morgan fingerprint density at radius 3 is 2.91 bits per heavy atom. The first-order valence-corrected chi connectivity index (χ1v) is 8.11. The molecule has 0 aliphatic carbocycles. The third kappa shape index (κ3) is 2.64. The number of rotatable bonds is 3. The van der Waals surface area contributed by atoms with Crippen molar-refractivity contribution in [3.8, 4) is 0 Å². The van der Waals surface area contributed by atoms with Gasteiger partial charge >= 0.3 is 6.03 Å². The van der Waals surface area contributed by atoms with E-state index in [9.17, 15) is 4.79 Å². The fraction of sp³-hybridized carbons (Fsp3) is 0.0588. The number of thiophene rings is 1. The lowest BCUT2D eigenvalue weighted by molar-refractivity contribution is 0.249. The lowest BCUT2D eigenvalue weighted by Gasteiger charge is -2.08. The lowest BCUT2D eigenvalue weighted by Crippen LogP contribution is -2.33. The molecule has 6 heteroatoms. The highest BCUT2D eigenvalue weighted by atomic mass is 32.1. The van der Waals surface area contributed by atoms with Crippen molar-refractivity contribution in [3.63, 3.8) is 0 Å². The van der Waals surface area contributed by atoms with Gasteiger partial charge in [0.2, 0.25) is 0 Å². The molecule has 0 saturated carbocycles. The monoisotopic (exact) mass is 322 g/mol. The molecule has 4 aromatic rings. The Bertz CT molecular complexity index is 988. The molecule has 2 aromatic heterocycles. The molecule has 0 atom stereocenters. The number of aromatic nitrogens is 2. The molecule has 0 unspecified atom stereocenters. The summed E-state index contributed by atoms with van der Waals surface area (Å²) in [5.74, 6) is 0. The Balaban J connectivity index is 1.46. The van der Waals surface area contributed by atoms with E-state index in [0.29, 0.717) is 6.54 Å².